The predicted molar refractivity (Wildman–Crippen MR) is 51.0 cm³/mol. The molecule has 0 saturated heterocycles. The van der Waals surface area contributed by atoms with Crippen LogP contribution < -0.4 is 11.1 Å². The van der Waals surface area contributed by atoms with Gasteiger partial charge in [0.2, 0.25) is 0 Å². The Morgan fingerprint density at radius 2 is 2.23 bits per heavy atom. The summed E-state index contributed by atoms with van der Waals surface area (Å²) in [6.45, 7) is 0.733. The maximum absolute atomic E-state index is 12.7. The standard InChI is InChI=1S/C10H13FN2/c11-8-2-1-3-9(6-8)13-7-10(12)4-5-10/h1-3,6,13H,4-5,7,12H2. The van der Waals surface area contributed by atoms with Gasteiger partial charge in [-0.3, -0.25) is 0 Å². The van der Waals surface area contributed by atoms with Gasteiger partial charge in [-0.15, -0.1) is 0 Å². The molecule has 2 nitrogen and oxygen atoms in total. The van der Waals surface area contributed by atoms with Crippen molar-refractivity contribution in [3.05, 3.63) is 30.1 Å². The molecule has 1 aliphatic rings. The molecule has 2 rings (SSSR count). The van der Waals surface area contributed by atoms with Crippen molar-refractivity contribution in [2.75, 3.05) is 11.9 Å². The molecule has 13 heavy (non-hydrogen) atoms. The van der Waals surface area contributed by atoms with E-state index < -0.39 is 0 Å². The highest BCUT2D eigenvalue weighted by atomic mass is 19.1. The van der Waals surface area contributed by atoms with Crippen molar-refractivity contribution in [3.8, 4) is 0 Å². The summed E-state index contributed by atoms with van der Waals surface area (Å²) in [6.07, 6.45) is 2.13. The van der Waals surface area contributed by atoms with E-state index in [1.165, 1.54) is 12.1 Å². The molecule has 1 fully saturated rings. The summed E-state index contributed by atoms with van der Waals surface area (Å²) in [4.78, 5) is 0. The van der Waals surface area contributed by atoms with E-state index in [2.05, 4.69) is 5.32 Å². The molecule has 0 amide bonds. The monoisotopic (exact) mass is 180 g/mol. The summed E-state index contributed by atoms with van der Waals surface area (Å²) in [5, 5.41) is 3.12. The second kappa shape index (κ2) is 3.00. The van der Waals surface area contributed by atoms with E-state index in [1.807, 2.05) is 6.07 Å². The van der Waals surface area contributed by atoms with E-state index in [1.54, 1.807) is 6.07 Å². The normalized spacial score (nSPS) is 18.3. The topological polar surface area (TPSA) is 38.0 Å². The molecule has 1 saturated carbocycles. The van der Waals surface area contributed by atoms with Crippen molar-refractivity contribution >= 4 is 5.69 Å². The minimum atomic E-state index is -0.216. The van der Waals surface area contributed by atoms with Crippen LogP contribution in [0, 0.1) is 5.82 Å². The number of nitrogens with one attached hydrogen (secondary N) is 1. The van der Waals surface area contributed by atoms with Gasteiger partial charge >= 0.3 is 0 Å². The van der Waals surface area contributed by atoms with Gasteiger partial charge in [0.15, 0.2) is 0 Å². The van der Waals surface area contributed by atoms with Gasteiger partial charge < -0.3 is 11.1 Å². The van der Waals surface area contributed by atoms with Crippen molar-refractivity contribution in [2.45, 2.75) is 18.4 Å². The van der Waals surface area contributed by atoms with E-state index in [9.17, 15) is 4.39 Å². The van der Waals surface area contributed by atoms with Crippen LogP contribution in [0.5, 0.6) is 0 Å². The highest BCUT2D eigenvalue weighted by Crippen LogP contribution is 2.32. The van der Waals surface area contributed by atoms with Crippen LogP contribution in [-0.4, -0.2) is 12.1 Å². The third kappa shape index (κ3) is 2.18. The first kappa shape index (κ1) is 8.51. The van der Waals surface area contributed by atoms with Crippen LogP contribution in [0.1, 0.15) is 12.8 Å². The zero-order chi connectivity index (χ0) is 9.31. The summed E-state index contributed by atoms with van der Waals surface area (Å²) >= 11 is 0. The summed E-state index contributed by atoms with van der Waals surface area (Å²) in [6, 6.07) is 6.44. The predicted octanol–water partition coefficient (Wildman–Crippen LogP) is 1.73. The van der Waals surface area contributed by atoms with Gasteiger partial charge in [-0.1, -0.05) is 6.07 Å². The molecular weight excluding hydrogens is 167 g/mol. The van der Waals surface area contributed by atoms with Gasteiger partial charge in [-0.2, -0.15) is 0 Å². The Labute approximate surface area is 76.9 Å². The molecule has 1 aromatic carbocycles. The lowest BCUT2D eigenvalue weighted by Gasteiger charge is -2.11. The van der Waals surface area contributed by atoms with Gasteiger partial charge in [0, 0.05) is 17.8 Å². The van der Waals surface area contributed by atoms with Crippen LogP contribution in [-0.2, 0) is 0 Å². The number of benzene rings is 1. The lowest BCUT2D eigenvalue weighted by molar-refractivity contribution is 0.627. The highest BCUT2D eigenvalue weighted by molar-refractivity contribution is 5.43. The Morgan fingerprint density at radius 3 is 2.85 bits per heavy atom. The molecule has 1 aromatic rings. The summed E-state index contributed by atoms with van der Waals surface area (Å²) < 4.78 is 12.7. The molecule has 0 heterocycles. The lowest BCUT2D eigenvalue weighted by Crippen LogP contribution is -2.31. The van der Waals surface area contributed by atoms with E-state index in [0.717, 1.165) is 25.1 Å². The maximum atomic E-state index is 12.7. The van der Waals surface area contributed by atoms with Crippen molar-refractivity contribution < 1.29 is 4.39 Å². The Morgan fingerprint density at radius 1 is 1.46 bits per heavy atom. The Hall–Kier alpha value is -1.09. The molecule has 3 heteroatoms. The largest absolute Gasteiger partial charge is 0.383 e. The number of hydrogen-bond acceptors (Lipinski definition) is 2. The molecule has 0 aliphatic heterocycles. The highest BCUT2D eigenvalue weighted by Gasteiger charge is 2.37. The Kier molecular flexibility index (Phi) is 1.96. The average molecular weight is 180 g/mol. The Balaban J connectivity index is 1.94. The molecule has 3 N–H and O–H groups in total. The fraction of sp³-hybridized carbons (Fsp3) is 0.400. The fourth-order valence-corrected chi connectivity index (χ4v) is 1.21. The number of nitrogens with two attached hydrogens (primary N) is 1. The molecule has 1 aliphatic carbocycles. The number of hydrogen-bond donors (Lipinski definition) is 2. The minimum absolute atomic E-state index is 0.0354. The molecule has 0 radical (unpaired) electrons. The zero-order valence-electron chi connectivity index (χ0n) is 7.39. The first-order valence-corrected chi connectivity index (χ1v) is 4.46. The summed E-state index contributed by atoms with van der Waals surface area (Å²) in [5.74, 6) is -0.216. The van der Waals surface area contributed by atoms with Crippen LogP contribution in [0.15, 0.2) is 24.3 Å². The molecule has 0 unspecified atom stereocenters. The van der Waals surface area contributed by atoms with Crippen LogP contribution >= 0.6 is 0 Å². The third-order valence-electron chi connectivity index (χ3n) is 2.36. The third-order valence-corrected chi connectivity index (χ3v) is 2.36. The van der Waals surface area contributed by atoms with Crippen molar-refractivity contribution in [1.82, 2.24) is 0 Å². The fourth-order valence-electron chi connectivity index (χ4n) is 1.21. The van der Waals surface area contributed by atoms with Crippen LogP contribution in [0.4, 0.5) is 10.1 Å². The molecule has 0 atom stereocenters. The number of rotatable bonds is 3. The SMILES string of the molecule is NC1(CNc2cccc(F)c2)CC1. The van der Waals surface area contributed by atoms with Crippen LogP contribution in [0.25, 0.3) is 0 Å². The molecular formula is C10H13FN2. The first-order chi connectivity index (χ1) is 6.18. The van der Waals surface area contributed by atoms with Crippen LogP contribution in [0.2, 0.25) is 0 Å². The van der Waals surface area contributed by atoms with E-state index >= 15 is 0 Å². The van der Waals surface area contributed by atoms with E-state index in [0.29, 0.717) is 0 Å². The summed E-state index contributed by atoms with van der Waals surface area (Å²) in [5.41, 5.74) is 6.64. The van der Waals surface area contributed by atoms with Crippen molar-refractivity contribution in [1.29, 1.82) is 0 Å². The van der Waals surface area contributed by atoms with E-state index in [-0.39, 0.29) is 11.4 Å². The van der Waals surface area contributed by atoms with Crippen molar-refractivity contribution in [2.24, 2.45) is 5.73 Å². The van der Waals surface area contributed by atoms with E-state index in [4.69, 9.17) is 5.73 Å². The molecule has 70 valence electrons. The lowest BCUT2D eigenvalue weighted by atomic mass is 10.2. The maximum Gasteiger partial charge on any atom is 0.125 e. The van der Waals surface area contributed by atoms with Crippen molar-refractivity contribution in [3.63, 3.8) is 0 Å². The van der Waals surface area contributed by atoms with Gasteiger partial charge in [0.05, 0.1) is 0 Å². The second-order valence-electron chi connectivity index (χ2n) is 3.73. The van der Waals surface area contributed by atoms with Gasteiger partial charge in [-0.25, -0.2) is 4.39 Å². The number of halogens is 1. The van der Waals surface area contributed by atoms with Gasteiger partial charge in [0.25, 0.3) is 0 Å². The second-order valence-corrected chi connectivity index (χ2v) is 3.73. The van der Waals surface area contributed by atoms with Crippen LogP contribution in [0.3, 0.4) is 0 Å². The smallest absolute Gasteiger partial charge is 0.125 e. The van der Waals surface area contributed by atoms with Gasteiger partial charge in [0.1, 0.15) is 5.82 Å². The minimum Gasteiger partial charge on any atom is -0.383 e. The first-order valence-electron chi connectivity index (χ1n) is 4.46. The van der Waals surface area contributed by atoms with Gasteiger partial charge in [-0.05, 0) is 31.0 Å². The average Bonchev–Trinajstić information content (AvgIpc) is 2.82. The zero-order valence-corrected chi connectivity index (χ0v) is 7.39. The quantitative estimate of drug-likeness (QED) is 0.743. The number of anilines is 1. The molecule has 0 bridgehead atoms. The Bertz CT molecular complexity index is 308. The molecule has 0 spiro atoms. The molecule has 0 aromatic heterocycles. The summed E-state index contributed by atoms with van der Waals surface area (Å²) in [7, 11) is 0.